The summed E-state index contributed by atoms with van der Waals surface area (Å²) in [6.07, 6.45) is 0. The van der Waals surface area contributed by atoms with Gasteiger partial charge in [0.25, 0.3) is 20.0 Å². The Morgan fingerprint density at radius 1 is 0.706 bits per heavy atom. The van der Waals surface area contributed by atoms with Crippen molar-refractivity contribution in [1.82, 2.24) is 4.13 Å². The van der Waals surface area contributed by atoms with Crippen LogP contribution in [0.25, 0.3) is 0 Å². The molecule has 0 atom stereocenters. The molecule has 0 amide bonds. The Balaban J connectivity index is 0.00000256. The minimum atomic E-state index is -6.57. The van der Waals surface area contributed by atoms with Crippen LogP contribution in [0.4, 0.5) is 26.3 Å². The van der Waals surface area contributed by atoms with Crippen molar-refractivity contribution in [2.75, 3.05) is 0 Å². The van der Waals surface area contributed by atoms with Gasteiger partial charge in [-0.25, -0.2) is 16.8 Å². The fourth-order valence-electron chi connectivity index (χ4n) is 0.756. The average Bonchev–Trinajstić information content (AvgIpc) is 1.98. The molecule has 96 valence electrons. The first-order chi connectivity index (χ1) is 6.71. The molecule has 0 aromatic heterocycles. The van der Waals surface area contributed by atoms with Gasteiger partial charge in [0.05, 0.1) is 0 Å². The molecule has 0 radical (unpaired) electrons. The monoisotopic (exact) mass is 300 g/mol. The molecule has 0 aromatic carbocycles. The summed E-state index contributed by atoms with van der Waals surface area (Å²) in [7, 11) is -12.9. The van der Waals surface area contributed by atoms with Gasteiger partial charge in [-0.3, -0.25) is 0 Å². The zero-order valence-electron chi connectivity index (χ0n) is 7.72. The van der Waals surface area contributed by atoms with E-state index < -0.39 is 36.5 Å². The van der Waals surface area contributed by atoms with Crippen molar-refractivity contribution in [2.45, 2.75) is 16.4 Å². The second kappa shape index (κ2) is 3.76. The average molecular weight is 300 g/mol. The fourth-order valence-corrected chi connectivity index (χ4v) is 3.74. The van der Waals surface area contributed by atoms with Gasteiger partial charge in [0, 0.05) is 0 Å². The maximum atomic E-state index is 12.5. The third-order valence-corrected chi connectivity index (χ3v) is 5.24. The molecule has 0 saturated carbocycles. The van der Waals surface area contributed by atoms with Crippen molar-refractivity contribution >= 4 is 20.0 Å². The maximum absolute atomic E-state index is 12.5. The summed E-state index contributed by atoms with van der Waals surface area (Å²) < 4.78 is 116. The fraction of sp³-hybridized carbons (Fsp3) is 1.00. The number of hydrogen-bond donors (Lipinski definition) is 1. The van der Waals surface area contributed by atoms with Gasteiger partial charge < -0.3 is 0 Å². The van der Waals surface area contributed by atoms with Crippen molar-refractivity contribution < 1.29 is 62.0 Å². The van der Waals surface area contributed by atoms with Crippen LogP contribution in [-0.4, -0.2) is 33.3 Å². The zero-order valence-corrected chi connectivity index (χ0v) is 9.35. The standard InChI is InChI=1S/C3HF6NO4S2.Li/c4-1(5)2(6,7)15(11,12)10-16(13,14)3(1,8)9;/h10H;/q;+1. The quantitative estimate of drug-likeness (QED) is 0.384. The Morgan fingerprint density at radius 2 is 0.941 bits per heavy atom. The van der Waals surface area contributed by atoms with E-state index in [1.807, 2.05) is 0 Å². The molecular formula is C3HF6LiNO4S2+. The van der Waals surface area contributed by atoms with Gasteiger partial charge in [-0.1, -0.05) is 4.13 Å². The van der Waals surface area contributed by atoms with E-state index in [1.165, 1.54) is 0 Å². The van der Waals surface area contributed by atoms with Crippen LogP contribution in [0, 0.1) is 0 Å². The van der Waals surface area contributed by atoms with Gasteiger partial charge >= 0.3 is 35.3 Å². The molecule has 0 unspecified atom stereocenters. The number of rotatable bonds is 0. The predicted octanol–water partition coefficient (Wildman–Crippen LogP) is -2.93. The van der Waals surface area contributed by atoms with Crippen LogP contribution in [0.5, 0.6) is 0 Å². The maximum Gasteiger partial charge on any atom is 1.00 e. The van der Waals surface area contributed by atoms with Crippen LogP contribution in [-0.2, 0) is 20.0 Å². The van der Waals surface area contributed by atoms with E-state index in [-0.39, 0.29) is 23.0 Å². The summed E-state index contributed by atoms with van der Waals surface area (Å²) in [5.74, 6) is -6.57. The minimum absolute atomic E-state index is 0. The molecule has 0 spiro atoms. The summed E-state index contributed by atoms with van der Waals surface area (Å²) >= 11 is 0. The molecule has 5 nitrogen and oxygen atoms in total. The van der Waals surface area contributed by atoms with Gasteiger partial charge in [-0.2, -0.15) is 26.3 Å². The number of halogens is 6. The molecule has 1 fully saturated rings. The van der Waals surface area contributed by atoms with Crippen molar-refractivity contribution in [3.63, 3.8) is 0 Å². The van der Waals surface area contributed by atoms with E-state index in [0.717, 1.165) is 0 Å². The molecule has 1 rings (SSSR count). The van der Waals surface area contributed by atoms with Crippen LogP contribution in [0.2, 0.25) is 0 Å². The molecule has 1 N–H and O–H groups in total. The van der Waals surface area contributed by atoms with Crippen LogP contribution in [0.3, 0.4) is 0 Å². The molecule has 1 saturated heterocycles. The Kier molecular flexibility index (Phi) is 3.77. The Morgan fingerprint density at radius 3 is 1.18 bits per heavy atom. The smallest absolute Gasteiger partial charge is 0.205 e. The van der Waals surface area contributed by atoms with Gasteiger partial charge in [0.1, 0.15) is 0 Å². The van der Waals surface area contributed by atoms with Gasteiger partial charge in [0.2, 0.25) is 0 Å². The molecule has 1 aliphatic rings. The molecule has 0 bridgehead atoms. The van der Waals surface area contributed by atoms with Crippen LogP contribution in [0.1, 0.15) is 0 Å². The van der Waals surface area contributed by atoms with E-state index in [2.05, 4.69) is 0 Å². The van der Waals surface area contributed by atoms with Crippen molar-refractivity contribution in [3.05, 3.63) is 0 Å². The van der Waals surface area contributed by atoms with Crippen LogP contribution in [0.15, 0.2) is 0 Å². The van der Waals surface area contributed by atoms with E-state index in [0.29, 0.717) is 0 Å². The first-order valence-corrected chi connectivity index (χ1v) is 6.08. The second-order valence-corrected chi connectivity index (χ2v) is 6.40. The summed E-state index contributed by atoms with van der Waals surface area (Å²) in [4.78, 5) is 0. The first kappa shape index (κ1) is 17.0. The summed E-state index contributed by atoms with van der Waals surface area (Å²) in [5, 5.41) is -12.5. The molecule has 0 aromatic rings. The minimum Gasteiger partial charge on any atom is -0.205 e. The number of sulfonamides is 2. The van der Waals surface area contributed by atoms with Gasteiger partial charge in [-0.05, 0) is 0 Å². The van der Waals surface area contributed by atoms with Crippen molar-refractivity contribution in [2.24, 2.45) is 0 Å². The molecule has 14 heteroatoms. The largest absolute Gasteiger partial charge is 1.00 e. The SMILES string of the molecule is O=S1(=O)NS(=O)(=O)C(F)(F)C(F)(F)C1(F)F.[Li+]. The number of hydrogen-bond acceptors (Lipinski definition) is 4. The molecular weight excluding hydrogens is 299 g/mol. The molecule has 17 heavy (non-hydrogen) atoms. The zero-order chi connectivity index (χ0) is 13.2. The summed E-state index contributed by atoms with van der Waals surface area (Å²) in [6.45, 7) is 0. The Hall–Kier alpha value is 0.0374. The Labute approximate surface area is 103 Å². The van der Waals surface area contributed by atoms with Crippen LogP contribution < -0.4 is 23.0 Å². The second-order valence-electron chi connectivity index (χ2n) is 2.70. The van der Waals surface area contributed by atoms with E-state index in [4.69, 9.17) is 0 Å². The number of alkyl halides is 6. The third kappa shape index (κ3) is 1.79. The van der Waals surface area contributed by atoms with Gasteiger partial charge in [-0.15, -0.1) is 0 Å². The predicted molar refractivity (Wildman–Crippen MR) is 35.8 cm³/mol. The van der Waals surface area contributed by atoms with Gasteiger partial charge in [0.15, 0.2) is 0 Å². The van der Waals surface area contributed by atoms with Crippen molar-refractivity contribution in [3.8, 4) is 0 Å². The van der Waals surface area contributed by atoms with E-state index in [9.17, 15) is 43.2 Å². The summed E-state index contributed by atoms with van der Waals surface area (Å²) in [5.41, 5.74) is 0. The molecule has 1 aliphatic heterocycles. The number of nitrogens with one attached hydrogen (secondary N) is 1. The van der Waals surface area contributed by atoms with Crippen molar-refractivity contribution in [1.29, 1.82) is 0 Å². The first-order valence-electron chi connectivity index (χ1n) is 3.12. The third-order valence-electron chi connectivity index (χ3n) is 1.63. The molecule has 1 heterocycles. The Bertz CT molecular complexity index is 479. The van der Waals surface area contributed by atoms with Crippen LogP contribution >= 0.6 is 0 Å². The topological polar surface area (TPSA) is 80.3 Å². The summed E-state index contributed by atoms with van der Waals surface area (Å²) in [6, 6.07) is 0. The van der Waals surface area contributed by atoms with E-state index >= 15 is 0 Å². The normalized spacial score (nSPS) is 31.2. The molecule has 0 aliphatic carbocycles. The van der Waals surface area contributed by atoms with E-state index in [1.54, 1.807) is 0 Å².